The Bertz CT molecular complexity index is 888. The van der Waals surface area contributed by atoms with Gasteiger partial charge in [0.05, 0.1) is 0 Å². The molecule has 29 heavy (non-hydrogen) atoms. The van der Waals surface area contributed by atoms with Crippen molar-refractivity contribution in [3.05, 3.63) is 70.2 Å². The maximum atomic E-state index is 13.2. The molecule has 6 nitrogen and oxygen atoms in total. The molecule has 0 saturated carbocycles. The molecule has 1 aromatic carbocycles. The highest BCUT2D eigenvalue weighted by Gasteiger charge is 2.09. The van der Waals surface area contributed by atoms with Gasteiger partial charge in [0.1, 0.15) is 18.0 Å². The molecule has 0 aliphatic rings. The molecule has 0 aliphatic heterocycles. The van der Waals surface area contributed by atoms with Gasteiger partial charge in [-0.25, -0.2) is 4.39 Å². The van der Waals surface area contributed by atoms with E-state index in [0.717, 1.165) is 43.3 Å². The quantitative estimate of drug-likeness (QED) is 0.431. The number of benzene rings is 1. The molecule has 0 atom stereocenters. The summed E-state index contributed by atoms with van der Waals surface area (Å²) in [5.41, 5.74) is 1.04. The van der Waals surface area contributed by atoms with Crippen LogP contribution in [0, 0.1) is 5.82 Å². The number of rotatable bonds is 9. The molecule has 2 heterocycles. The number of hydrogen-bond donors (Lipinski definition) is 1. The Morgan fingerprint density at radius 1 is 1.28 bits per heavy atom. The normalized spacial score (nSPS) is 11.6. The van der Waals surface area contributed by atoms with Crippen molar-refractivity contribution in [3.8, 4) is 0 Å². The van der Waals surface area contributed by atoms with Gasteiger partial charge in [-0.1, -0.05) is 25.1 Å². The molecule has 0 radical (unpaired) electrons. The van der Waals surface area contributed by atoms with Gasteiger partial charge in [-0.2, -0.15) is 0 Å². The summed E-state index contributed by atoms with van der Waals surface area (Å²) >= 11 is 1.75. The third-order valence-electron chi connectivity index (χ3n) is 4.54. The molecule has 0 unspecified atom stereocenters. The van der Waals surface area contributed by atoms with Crippen LogP contribution in [0.5, 0.6) is 0 Å². The molecule has 2 aromatic heterocycles. The van der Waals surface area contributed by atoms with Crippen molar-refractivity contribution >= 4 is 17.3 Å². The maximum Gasteiger partial charge on any atom is 0.194 e. The number of thiophene rings is 1. The minimum absolute atomic E-state index is 0.222. The molecule has 0 amide bonds. The Kier molecular flexibility index (Phi) is 7.75. The van der Waals surface area contributed by atoms with Gasteiger partial charge in [-0.05, 0) is 29.1 Å². The lowest BCUT2D eigenvalue weighted by Crippen LogP contribution is -2.40. The molecule has 0 aliphatic carbocycles. The first-order valence-corrected chi connectivity index (χ1v) is 10.7. The Balaban J connectivity index is 1.62. The van der Waals surface area contributed by atoms with Gasteiger partial charge < -0.3 is 14.8 Å². The Morgan fingerprint density at radius 3 is 2.83 bits per heavy atom. The van der Waals surface area contributed by atoms with Crippen LogP contribution in [-0.2, 0) is 25.9 Å². The predicted octanol–water partition coefficient (Wildman–Crippen LogP) is 3.36. The molecule has 3 rings (SSSR count). The lowest BCUT2D eigenvalue weighted by molar-refractivity contribution is 0.470. The van der Waals surface area contributed by atoms with Crippen molar-refractivity contribution in [3.63, 3.8) is 0 Å². The molecular weight excluding hydrogens is 387 g/mol. The van der Waals surface area contributed by atoms with Crippen molar-refractivity contribution in [2.45, 2.75) is 32.9 Å². The topological polar surface area (TPSA) is 58.3 Å². The van der Waals surface area contributed by atoms with Gasteiger partial charge in [-0.3, -0.25) is 4.99 Å². The van der Waals surface area contributed by atoms with E-state index in [0.29, 0.717) is 13.1 Å². The second-order valence-electron chi connectivity index (χ2n) is 6.74. The third-order valence-corrected chi connectivity index (χ3v) is 5.48. The van der Waals surface area contributed by atoms with Crippen molar-refractivity contribution in [2.75, 3.05) is 20.1 Å². The van der Waals surface area contributed by atoms with E-state index in [2.05, 4.69) is 49.4 Å². The van der Waals surface area contributed by atoms with Crippen molar-refractivity contribution in [2.24, 2.45) is 4.99 Å². The first kappa shape index (κ1) is 21.0. The van der Waals surface area contributed by atoms with E-state index < -0.39 is 0 Å². The van der Waals surface area contributed by atoms with Gasteiger partial charge in [-0.15, -0.1) is 21.5 Å². The molecule has 1 N–H and O–H groups in total. The van der Waals surface area contributed by atoms with E-state index in [9.17, 15) is 4.39 Å². The van der Waals surface area contributed by atoms with Crippen molar-refractivity contribution in [1.29, 1.82) is 0 Å². The molecule has 0 bridgehead atoms. The van der Waals surface area contributed by atoms with Crippen LogP contribution in [0.3, 0.4) is 0 Å². The average Bonchev–Trinajstić information content (AvgIpc) is 3.40. The average molecular weight is 415 g/mol. The molecule has 8 heteroatoms. The monoisotopic (exact) mass is 414 g/mol. The van der Waals surface area contributed by atoms with Gasteiger partial charge >= 0.3 is 0 Å². The number of aliphatic imine (C=N–C) groups is 1. The fourth-order valence-electron chi connectivity index (χ4n) is 3.00. The zero-order chi connectivity index (χ0) is 20.5. The summed E-state index contributed by atoms with van der Waals surface area (Å²) in [4.78, 5) is 8.19. The lowest BCUT2D eigenvalue weighted by Gasteiger charge is -2.23. The minimum Gasteiger partial charge on any atom is -0.354 e. The molecule has 154 valence electrons. The lowest BCUT2D eigenvalue weighted by atomic mass is 10.2. The van der Waals surface area contributed by atoms with Crippen LogP contribution in [0.15, 0.2) is 53.1 Å². The van der Waals surface area contributed by atoms with Crippen LogP contribution in [0.1, 0.15) is 23.2 Å². The summed E-state index contributed by atoms with van der Waals surface area (Å²) < 4.78 is 15.2. The van der Waals surface area contributed by atoms with Crippen LogP contribution in [-0.4, -0.2) is 45.8 Å². The minimum atomic E-state index is -0.222. The third kappa shape index (κ3) is 6.39. The zero-order valence-electron chi connectivity index (χ0n) is 16.9. The Labute approximate surface area is 175 Å². The predicted molar refractivity (Wildman–Crippen MR) is 116 cm³/mol. The summed E-state index contributed by atoms with van der Waals surface area (Å²) in [6.45, 7) is 4.92. The number of nitrogens with one attached hydrogen (secondary N) is 1. The second kappa shape index (κ2) is 10.7. The van der Waals surface area contributed by atoms with E-state index in [1.165, 1.54) is 17.0 Å². The Morgan fingerprint density at radius 2 is 2.10 bits per heavy atom. The number of guanidine groups is 1. The largest absolute Gasteiger partial charge is 0.354 e. The zero-order valence-corrected chi connectivity index (χ0v) is 17.7. The van der Waals surface area contributed by atoms with Crippen LogP contribution >= 0.6 is 11.3 Å². The highest BCUT2D eigenvalue weighted by Crippen LogP contribution is 2.10. The summed E-state index contributed by atoms with van der Waals surface area (Å²) in [5.74, 6) is 1.58. The first-order chi connectivity index (χ1) is 14.2. The number of aromatic nitrogens is 3. The van der Waals surface area contributed by atoms with Gasteiger partial charge in [0.2, 0.25) is 0 Å². The molecule has 0 fully saturated rings. The number of hydrogen-bond acceptors (Lipinski definition) is 4. The summed E-state index contributed by atoms with van der Waals surface area (Å²) in [7, 11) is 2.00. The molecule has 0 saturated heterocycles. The van der Waals surface area contributed by atoms with E-state index in [1.54, 1.807) is 29.8 Å². The van der Waals surface area contributed by atoms with E-state index >= 15 is 0 Å². The summed E-state index contributed by atoms with van der Waals surface area (Å²) in [5, 5.41) is 13.6. The second-order valence-corrected chi connectivity index (χ2v) is 7.77. The van der Waals surface area contributed by atoms with E-state index in [1.807, 2.05) is 7.05 Å². The number of halogens is 1. The van der Waals surface area contributed by atoms with Crippen LogP contribution in [0.25, 0.3) is 0 Å². The summed E-state index contributed by atoms with van der Waals surface area (Å²) in [6, 6.07) is 10.8. The smallest absolute Gasteiger partial charge is 0.194 e. The van der Waals surface area contributed by atoms with Crippen LogP contribution in [0.4, 0.5) is 4.39 Å². The van der Waals surface area contributed by atoms with E-state index in [-0.39, 0.29) is 5.82 Å². The van der Waals surface area contributed by atoms with Gasteiger partial charge in [0, 0.05) is 50.9 Å². The molecule has 0 spiro atoms. The molecule has 3 aromatic rings. The van der Waals surface area contributed by atoms with Crippen molar-refractivity contribution in [1.82, 2.24) is 25.0 Å². The van der Waals surface area contributed by atoms with Gasteiger partial charge in [0.25, 0.3) is 0 Å². The van der Waals surface area contributed by atoms with E-state index in [4.69, 9.17) is 4.99 Å². The number of aryl methyl sites for hydroxylation is 1. The highest BCUT2D eigenvalue weighted by atomic mass is 32.1. The fourth-order valence-corrected chi connectivity index (χ4v) is 3.70. The standard InChI is InChI=1S/C21H27FN6S/c1-3-20-26-25-16-28(20)13-12-24-21(23-11-10-19-5-4-14-29-19)27(2)15-17-6-8-18(22)9-7-17/h4-9,14,16H,3,10-13,15H2,1-2H3,(H,23,24). The fraction of sp³-hybridized carbons (Fsp3) is 0.381. The Hall–Kier alpha value is -2.74. The molecular formula is C21H27FN6S. The van der Waals surface area contributed by atoms with Crippen LogP contribution in [0.2, 0.25) is 0 Å². The highest BCUT2D eigenvalue weighted by molar-refractivity contribution is 7.09. The summed E-state index contributed by atoms with van der Waals surface area (Å²) in [6.07, 6.45) is 3.53. The maximum absolute atomic E-state index is 13.2. The van der Waals surface area contributed by atoms with Crippen molar-refractivity contribution < 1.29 is 4.39 Å². The number of nitrogens with zero attached hydrogens (tertiary/aromatic N) is 5. The van der Waals surface area contributed by atoms with Gasteiger partial charge in [0.15, 0.2) is 5.96 Å². The van der Waals surface area contributed by atoms with Crippen LogP contribution < -0.4 is 5.32 Å². The SMILES string of the molecule is CCc1nncn1CCNC(=NCCc1cccs1)N(C)Cc1ccc(F)cc1. The first-order valence-electron chi connectivity index (χ1n) is 9.78.